The molecule has 0 unspecified atom stereocenters. The summed E-state index contributed by atoms with van der Waals surface area (Å²) in [6.07, 6.45) is 8.34. The molecule has 0 bridgehead atoms. The number of pyridine rings is 1. The van der Waals surface area contributed by atoms with Gasteiger partial charge in [-0.25, -0.2) is 4.99 Å². The van der Waals surface area contributed by atoms with Gasteiger partial charge in [0.2, 0.25) is 0 Å². The Bertz CT molecular complexity index is 1020. The van der Waals surface area contributed by atoms with Gasteiger partial charge in [0.1, 0.15) is 5.69 Å². The Hall–Kier alpha value is -4.45. The average Bonchev–Trinajstić information content (AvgIpc) is 2.75. The number of hydrogen-bond acceptors (Lipinski definition) is 9. The number of hydrogen-bond donors (Lipinski definition) is 3. The standard InChI is InChI=1S/C18H16N6O6/c25-12-13(10-21-22-18(26)14-4-2-7-19-11-14)3-1-8-20-16-6-5-15(23(27)28)9-17(16)24(29)30/h1-11,21,25H,12H2,(H,22,26)/b3-1-,13-10-,20-8?. The quantitative estimate of drug-likeness (QED) is 0.242. The van der Waals surface area contributed by atoms with Gasteiger partial charge in [-0.05, 0) is 29.8 Å². The van der Waals surface area contributed by atoms with Crippen molar-refractivity contribution in [2.75, 3.05) is 6.61 Å². The fourth-order valence-electron chi connectivity index (χ4n) is 2.08. The van der Waals surface area contributed by atoms with Crippen LogP contribution < -0.4 is 10.9 Å². The first-order valence-corrected chi connectivity index (χ1v) is 8.31. The summed E-state index contributed by atoms with van der Waals surface area (Å²) in [7, 11) is 0. The van der Waals surface area contributed by atoms with Crippen LogP contribution in [0.4, 0.5) is 17.1 Å². The van der Waals surface area contributed by atoms with Crippen LogP contribution in [0.3, 0.4) is 0 Å². The normalized spacial score (nSPS) is 11.6. The predicted molar refractivity (Wildman–Crippen MR) is 107 cm³/mol. The molecule has 2 aromatic rings. The molecule has 2 rings (SSSR count). The van der Waals surface area contributed by atoms with Gasteiger partial charge in [0.15, 0.2) is 0 Å². The summed E-state index contributed by atoms with van der Waals surface area (Å²) < 4.78 is 0. The monoisotopic (exact) mass is 412 g/mol. The number of nitro benzene ring substituents is 2. The number of non-ortho nitro benzene ring substituents is 1. The van der Waals surface area contributed by atoms with Crippen molar-refractivity contribution in [1.82, 2.24) is 15.8 Å². The summed E-state index contributed by atoms with van der Waals surface area (Å²) >= 11 is 0. The lowest BCUT2D eigenvalue weighted by atomic mass is 10.2. The summed E-state index contributed by atoms with van der Waals surface area (Å²) in [5, 5.41) is 31.1. The van der Waals surface area contributed by atoms with E-state index < -0.39 is 27.1 Å². The maximum absolute atomic E-state index is 11.8. The van der Waals surface area contributed by atoms with Crippen LogP contribution in [0.25, 0.3) is 0 Å². The van der Waals surface area contributed by atoms with E-state index in [1.807, 2.05) is 0 Å². The third-order valence-electron chi connectivity index (χ3n) is 3.53. The van der Waals surface area contributed by atoms with Crippen molar-refractivity contribution in [3.05, 3.63) is 92.4 Å². The SMILES string of the molecule is O=C(NN/C=C(/C=C\C=Nc1ccc([N+](=O)[O-])cc1[N+](=O)[O-])CO)c1cccnc1. The van der Waals surface area contributed by atoms with Gasteiger partial charge < -0.3 is 10.5 Å². The number of carbonyl (C=O) groups is 1. The molecule has 154 valence electrons. The summed E-state index contributed by atoms with van der Waals surface area (Å²) in [6, 6.07) is 6.29. The first kappa shape index (κ1) is 21.8. The van der Waals surface area contributed by atoms with Crippen LogP contribution in [0.2, 0.25) is 0 Å². The zero-order valence-corrected chi connectivity index (χ0v) is 15.3. The van der Waals surface area contributed by atoms with Crippen LogP contribution in [-0.4, -0.2) is 38.7 Å². The van der Waals surface area contributed by atoms with E-state index in [0.29, 0.717) is 11.1 Å². The molecule has 12 nitrogen and oxygen atoms in total. The van der Waals surface area contributed by atoms with Crippen LogP contribution in [-0.2, 0) is 0 Å². The second-order valence-corrected chi connectivity index (χ2v) is 5.54. The van der Waals surface area contributed by atoms with Gasteiger partial charge in [-0.2, -0.15) is 0 Å². The summed E-state index contributed by atoms with van der Waals surface area (Å²) in [4.78, 5) is 39.9. The Kier molecular flexibility index (Phi) is 7.85. The molecule has 3 N–H and O–H groups in total. The largest absolute Gasteiger partial charge is 0.392 e. The molecule has 30 heavy (non-hydrogen) atoms. The predicted octanol–water partition coefficient (Wildman–Crippen LogP) is 1.97. The average molecular weight is 412 g/mol. The summed E-state index contributed by atoms with van der Waals surface area (Å²) in [6.45, 7) is -0.363. The van der Waals surface area contributed by atoms with Gasteiger partial charge in [0.25, 0.3) is 11.6 Å². The number of nitrogens with one attached hydrogen (secondary N) is 2. The fraction of sp³-hybridized carbons (Fsp3) is 0.0556. The molecular formula is C18H16N6O6. The number of allylic oxidation sites excluding steroid dienone is 1. The topological polar surface area (TPSA) is 173 Å². The summed E-state index contributed by atoms with van der Waals surface area (Å²) in [5.41, 5.74) is 4.66. The maximum Gasteiger partial charge on any atom is 0.301 e. The summed E-state index contributed by atoms with van der Waals surface area (Å²) in [5.74, 6) is -0.423. The number of nitrogens with zero attached hydrogens (tertiary/aromatic N) is 4. The molecule has 0 spiro atoms. The lowest BCUT2D eigenvalue weighted by Gasteiger charge is -2.05. The van der Waals surface area contributed by atoms with E-state index in [0.717, 1.165) is 12.1 Å². The van der Waals surface area contributed by atoms with E-state index in [9.17, 15) is 30.1 Å². The van der Waals surface area contributed by atoms with Crippen molar-refractivity contribution in [2.45, 2.75) is 0 Å². The van der Waals surface area contributed by atoms with Gasteiger partial charge in [0, 0.05) is 30.9 Å². The van der Waals surface area contributed by atoms with Crippen LogP contribution in [0.1, 0.15) is 10.4 Å². The van der Waals surface area contributed by atoms with E-state index >= 15 is 0 Å². The molecule has 12 heteroatoms. The fourth-order valence-corrected chi connectivity index (χ4v) is 2.08. The molecular weight excluding hydrogens is 396 g/mol. The lowest BCUT2D eigenvalue weighted by molar-refractivity contribution is -0.393. The molecule has 1 heterocycles. The first-order valence-electron chi connectivity index (χ1n) is 8.31. The van der Waals surface area contributed by atoms with E-state index in [-0.39, 0.29) is 12.3 Å². The molecule has 0 aliphatic carbocycles. The zero-order chi connectivity index (χ0) is 21.9. The number of aliphatic hydroxyl groups excluding tert-OH is 1. The minimum atomic E-state index is -0.767. The van der Waals surface area contributed by atoms with Crippen LogP contribution in [0.15, 0.2) is 71.6 Å². The molecule has 1 aromatic heterocycles. The number of hydrazine groups is 1. The van der Waals surface area contributed by atoms with E-state index in [4.69, 9.17) is 0 Å². The molecule has 0 fully saturated rings. The van der Waals surface area contributed by atoms with Gasteiger partial charge in [0.05, 0.1) is 28.1 Å². The Morgan fingerprint density at radius 1 is 1.23 bits per heavy atom. The number of carbonyl (C=O) groups excluding carboxylic acids is 1. The zero-order valence-electron chi connectivity index (χ0n) is 15.3. The van der Waals surface area contributed by atoms with Gasteiger partial charge in [-0.15, -0.1) is 0 Å². The highest BCUT2D eigenvalue weighted by Crippen LogP contribution is 2.30. The Morgan fingerprint density at radius 3 is 2.67 bits per heavy atom. The minimum absolute atomic E-state index is 0.0633. The van der Waals surface area contributed by atoms with Crippen molar-refractivity contribution in [3.8, 4) is 0 Å². The number of benzene rings is 1. The molecule has 0 saturated carbocycles. The number of amides is 1. The maximum atomic E-state index is 11.8. The number of aromatic nitrogens is 1. The second kappa shape index (κ2) is 10.8. The van der Waals surface area contributed by atoms with E-state index in [1.54, 1.807) is 12.1 Å². The molecule has 0 saturated heterocycles. The van der Waals surface area contributed by atoms with Crippen molar-refractivity contribution >= 4 is 29.2 Å². The van der Waals surface area contributed by atoms with Crippen LogP contribution >= 0.6 is 0 Å². The Morgan fingerprint density at radius 2 is 2.03 bits per heavy atom. The van der Waals surface area contributed by atoms with Crippen LogP contribution in [0.5, 0.6) is 0 Å². The Labute approximate surface area is 169 Å². The van der Waals surface area contributed by atoms with Crippen molar-refractivity contribution in [2.24, 2.45) is 4.99 Å². The number of rotatable bonds is 9. The third-order valence-corrected chi connectivity index (χ3v) is 3.53. The van der Waals surface area contributed by atoms with Crippen molar-refractivity contribution in [3.63, 3.8) is 0 Å². The highest BCUT2D eigenvalue weighted by atomic mass is 16.6. The highest BCUT2D eigenvalue weighted by molar-refractivity contribution is 5.93. The van der Waals surface area contributed by atoms with E-state index in [1.165, 1.54) is 43.0 Å². The highest BCUT2D eigenvalue weighted by Gasteiger charge is 2.18. The van der Waals surface area contributed by atoms with Gasteiger partial charge in [-0.1, -0.05) is 6.08 Å². The molecule has 0 aliphatic heterocycles. The second-order valence-electron chi connectivity index (χ2n) is 5.54. The smallest absolute Gasteiger partial charge is 0.301 e. The molecule has 0 radical (unpaired) electrons. The van der Waals surface area contributed by atoms with E-state index in [2.05, 4.69) is 20.8 Å². The molecule has 1 aromatic carbocycles. The van der Waals surface area contributed by atoms with Crippen molar-refractivity contribution in [1.29, 1.82) is 0 Å². The molecule has 0 aliphatic rings. The minimum Gasteiger partial charge on any atom is -0.392 e. The van der Waals surface area contributed by atoms with Crippen molar-refractivity contribution < 1.29 is 19.7 Å². The van der Waals surface area contributed by atoms with Crippen LogP contribution in [0, 0.1) is 20.2 Å². The first-order chi connectivity index (χ1) is 14.4. The Balaban J connectivity index is 2.01. The van der Waals surface area contributed by atoms with Gasteiger partial charge in [-0.3, -0.25) is 35.4 Å². The molecule has 1 amide bonds. The number of aliphatic hydroxyl groups is 1. The lowest BCUT2D eigenvalue weighted by Crippen LogP contribution is -2.33. The number of nitro groups is 2. The number of aliphatic imine (C=N–C) groups is 1. The molecule has 0 atom stereocenters. The van der Waals surface area contributed by atoms with Gasteiger partial charge >= 0.3 is 5.69 Å². The third kappa shape index (κ3) is 6.31.